The fourth-order valence-electron chi connectivity index (χ4n) is 3.40. The quantitative estimate of drug-likeness (QED) is 0.612. The Morgan fingerprint density at radius 2 is 2.00 bits per heavy atom. The summed E-state index contributed by atoms with van der Waals surface area (Å²) < 4.78 is 0. The number of hydrogen-bond donors (Lipinski definition) is 3. The average molecular weight is 382 g/mol. The van der Waals surface area contributed by atoms with Crippen LogP contribution in [-0.2, 0) is 4.79 Å². The van der Waals surface area contributed by atoms with Crippen LogP contribution >= 0.6 is 11.3 Å². The minimum Gasteiger partial charge on any atom is -0.369 e. The third kappa shape index (κ3) is 4.26. The van der Waals surface area contributed by atoms with Gasteiger partial charge in [-0.25, -0.2) is 9.97 Å². The molecule has 0 atom stereocenters. The van der Waals surface area contributed by atoms with Gasteiger partial charge in [0.1, 0.15) is 17.0 Å². The van der Waals surface area contributed by atoms with Crippen molar-refractivity contribution in [3.8, 4) is 11.1 Å². The van der Waals surface area contributed by atoms with Gasteiger partial charge in [0, 0.05) is 30.0 Å². The van der Waals surface area contributed by atoms with Crippen LogP contribution in [0.1, 0.15) is 19.3 Å². The topological polar surface area (TPSA) is 78.9 Å². The van der Waals surface area contributed by atoms with E-state index >= 15 is 0 Å². The highest BCUT2D eigenvalue weighted by molar-refractivity contribution is 7.17. The van der Waals surface area contributed by atoms with Crippen molar-refractivity contribution < 1.29 is 4.79 Å². The van der Waals surface area contributed by atoms with Gasteiger partial charge in [-0.05, 0) is 31.5 Å². The van der Waals surface area contributed by atoms with Crippen LogP contribution in [0.3, 0.4) is 0 Å². The van der Waals surface area contributed by atoms with E-state index < -0.39 is 0 Å². The number of rotatable bonds is 6. The number of amides is 1. The predicted molar refractivity (Wildman–Crippen MR) is 110 cm³/mol. The van der Waals surface area contributed by atoms with E-state index in [1.807, 2.05) is 18.2 Å². The number of benzene rings is 1. The highest BCUT2D eigenvalue weighted by atomic mass is 32.1. The highest BCUT2D eigenvalue weighted by Crippen LogP contribution is 2.36. The maximum Gasteiger partial charge on any atom is 0.221 e. The molecule has 0 unspecified atom stereocenters. The number of hydrogen-bond acceptors (Lipinski definition) is 6. The van der Waals surface area contributed by atoms with Gasteiger partial charge < -0.3 is 16.0 Å². The van der Waals surface area contributed by atoms with E-state index in [-0.39, 0.29) is 5.91 Å². The van der Waals surface area contributed by atoms with Crippen molar-refractivity contribution in [2.75, 3.05) is 25.0 Å². The molecule has 27 heavy (non-hydrogen) atoms. The van der Waals surface area contributed by atoms with Crippen LogP contribution < -0.4 is 16.0 Å². The Hall–Kier alpha value is -2.51. The molecule has 3 aromatic rings. The Morgan fingerprint density at radius 3 is 2.81 bits per heavy atom. The molecule has 1 aromatic carbocycles. The summed E-state index contributed by atoms with van der Waals surface area (Å²) in [4.78, 5) is 22.0. The third-order valence-corrected chi connectivity index (χ3v) is 5.69. The number of thiophene rings is 1. The molecule has 7 heteroatoms. The van der Waals surface area contributed by atoms with Crippen molar-refractivity contribution in [2.45, 2.75) is 25.3 Å². The first-order valence-corrected chi connectivity index (χ1v) is 10.2. The minimum atomic E-state index is 0.0910. The number of carbonyl (C=O) groups is 1. The highest BCUT2D eigenvalue weighted by Gasteiger charge is 2.16. The molecule has 3 heterocycles. The van der Waals surface area contributed by atoms with E-state index in [0.717, 1.165) is 53.1 Å². The lowest BCUT2D eigenvalue weighted by Gasteiger charge is -2.23. The first-order chi connectivity index (χ1) is 13.3. The fraction of sp³-hybridized carbons (Fsp3) is 0.350. The Balaban J connectivity index is 1.43. The molecule has 1 saturated heterocycles. The van der Waals surface area contributed by atoms with Gasteiger partial charge in [-0.2, -0.15) is 0 Å². The van der Waals surface area contributed by atoms with E-state index in [1.54, 1.807) is 17.7 Å². The number of fused-ring (bicyclic) bond motifs is 1. The largest absolute Gasteiger partial charge is 0.369 e. The molecule has 1 amide bonds. The van der Waals surface area contributed by atoms with Gasteiger partial charge in [0.15, 0.2) is 0 Å². The Morgan fingerprint density at radius 1 is 1.19 bits per heavy atom. The second-order valence-electron chi connectivity index (χ2n) is 6.69. The van der Waals surface area contributed by atoms with Crippen LogP contribution in [0, 0.1) is 0 Å². The standard InChI is InChI=1S/C20H23N5OS/c26-17(25-15-6-9-21-10-7-15)8-11-22-19-18-16(14-4-2-1-3-5-14)12-27-20(18)24-13-23-19/h1-5,12-13,15,21H,6-11H2,(H,25,26)(H,22,23,24). The van der Waals surface area contributed by atoms with Crippen LogP contribution in [0.4, 0.5) is 5.82 Å². The molecule has 1 aliphatic rings. The lowest BCUT2D eigenvalue weighted by Crippen LogP contribution is -2.43. The van der Waals surface area contributed by atoms with Crippen molar-refractivity contribution >= 4 is 33.3 Å². The Bertz CT molecular complexity index is 905. The monoisotopic (exact) mass is 381 g/mol. The molecular weight excluding hydrogens is 358 g/mol. The maximum absolute atomic E-state index is 12.2. The van der Waals surface area contributed by atoms with Crippen molar-refractivity contribution in [3.63, 3.8) is 0 Å². The summed E-state index contributed by atoms with van der Waals surface area (Å²) in [7, 11) is 0. The number of piperidine rings is 1. The molecule has 0 spiro atoms. The number of nitrogens with one attached hydrogen (secondary N) is 3. The van der Waals surface area contributed by atoms with Crippen LogP contribution in [0.2, 0.25) is 0 Å². The average Bonchev–Trinajstić information content (AvgIpc) is 3.14. The van der Waals surface area contributed by atoms with Crippen molar-refractivity contribution in [3.05, 3.63) is 42.0 Å². The molecule has 2 aromatic heterocycles. The smallest absolute Gasteiger partial charge is 0.221 e. The summed E-state index contributed by atoms with van der Waals surface area (Å²) in [5.74, 6) is 0.878. The lowest BCUT2D eigenvalue weighted by molar-refractivity contribution is -0.121. The molecule has 1 aliphatic heterocycles. The fourth-order valence-corrected chi connectivity index (χ4v) is 4.32. The zero-order valence-corrected chi connectivity index (χ0v) is 15.9. The van der Waals surface area contributed by atoms with E-state index in [4.69, 9.17) is 0 Å². The first kappa shape index (κ1) is 17.9. The predicted octanol–water partition coefficient (Wildman–Crippen LogP) is 3.03. The van der Waals surface area contributed by atoms with Crippen molar-refractivity contribution in [2.24, 2.45) is 0 Å². The van der Waals surface area contributed by atoms with E-state index in [9.17, 15) is 4.79 Å². The van der Waals surface area contributed by atoms with Gasteiger partial charge in [-0.3, -0.25) is 4.79 Å². The van der Waals surface area contributed by atoms with E-state index in [2.05, 4.69) is 43.4 Å². The van der Waals surface area contributed by atoms with Crippen LogP contribution in [0.15, 0.2) is 42.0 Å². The van der Waals surface area contributed by atoms with Gasteiger partial charge in [0.2, 0.25) is 5.91 Å². The van der Waals surface area contributed by atoms with Crippen molar-refractivity contribution in [1.29, 1.82) is 0 Å². The molecule has 4 rings (SSSR count). The lowest BCUT2D eigenvalue weighted by atomic mass is 10.1. The number of aromatic nitrogens is 2. The molecule has 0 saturated carbocycles. The Labute approximate surface area is 162 Å². The van der Waals surface area contributed by atoms with Gasteiger partial charge in [-0.1, -0.05) is 30.3 Å². The number of carbonyl (C=O) groups excluding carboxylic acids is 1. The summed E-state index contributed by atoms with van der Waals surface area (Å²) in [5.41, 5.74) is 2.27. The van der Waals surface area contributed by atoms with E-state index in [0.29, 0.717) is 19.0 Å². The van der Waals surface area contributed by atoms with Crippen LogP contribution in [0.25, 0.3) is 21.3 Å². The summed E-state index contributed by atoms with van der Waals surface area (Å²) in [6.45, 7) is 2.50. The van der Waals surface area contributed by atoms with Gasteiger partial charge >= 0.3 is 0 Å². The third-order valence-electron chi connectivity index (χ3n) is 4.80. The maximum atomic E-state index is 12.2. The SMILES string of the molecule is O=C(CCNc1ncnc2scc(-c3ccccc3)c12)NC1CCNCC1. The second kappa shape index (κ2) is 8.45. The summed E-state index contributed by atoms with van der Waals surface area (Å²) >= 11 is 1.61. The second-order valence-corrected chi connectivity index (χ2v) is 7.54. The molecule has 0 radical (unpaired) electrons. The van der Waals surface area contributed by atoms with Crippen LogP contribution in [-0.4, -0.2) is 41.6 Å². The molecule has 0 bridgehead atoms. The molecule has 140 valence electrons. The molecule has 6 nitrogen and oxygen atoms in total. The normalized spacial score (nSPS) is 15.0. The molecule has 1 fully saturated rings. The van der Waals surface area contributed by atoms with Gasteiger partial charge in [-0.15, -0.1) is 11.3 Å². The summed E-state index contributed by atoms with van der Waals surface area (Å²) in [6.07, 6.45) is 4.01. The zero-order valence-electron chi connectivity index (χ0n) is 15.1. The minimum absolute atomic E-state index is 0.0910. The summed E-state index contributed by atoms with van der Waals surface area (Å²) in [6, 6.07) is 10.5. The summed E-state index contributed by atoms with van der Waals surface area (Å²) in [5, 5.41) is 12.9. The zero-order chi connectivity index (χ0) is 18.5. The van der Waals surface area contributed by atoms with Gasteiger partial charge in [0.25, 0.3) is 0 Å². The van der Waals surface area contributed by atoms with E-state index in [1.165, 1.54) is 0 Å². The van der Waals surface area contributed by atoms with Gasteiger partial charge in [0.05, 0.1) is 5.39 Å². The van der Waals surface area contributed by atoms with Crippen LogP contribution in [0.5, 0.6) is 0 Å². The molecular formula is C20H23N5OS. The molecule has 3 N–H and O–H groups in total. The molecule has 0 aliphatic carbocycles. The Kier molecular flexibility index (Phi) is 5.60. The first-order valence-electron chi connectivity index (χ1n) is 9.33. The number of anilines is 1. The van der Waals surface area contributed by atoms with Crippen molar-refractivity contribution in [1.82, 2.24) is 20.6 Å². The number of nitrogens with zero attached hydrogens (tertiary/aromatic N) is 2.